The van der Waals surface area contributed by atoms with Crippen LogP contribution >= 0.6 is 0 Å². The van der Waals surface area contributed by atoms with E-state index in [1.54, 1.807) is 11.9 Å². The molecule has 2 amide bonds. The molecule has 1 fully saturated rings. The molecule has 1 aromatic rings. The molecule has 0 bridgehead atoms. The molecule has 2 rings (SSSR count). The maximum Gasteiger partial charge on any atom is 0.227 e. The van der Waals surface area contributed by atoms with Crippen LogP contribution in [0.15, 0.2) is 30.3 Å². The van der Waals surface area contributed by atoms with Crippen LogP contribution in [0.3, 0.4) is 0 Å². The average molecular weight is 246 g/mol. The van der Waals surface area contributed by atoms with Gasteiger partial charge < -0.3 is 10.2 Å². The second kappa shape index (κ2) is 5.67. The summed E-state index contributed by atoms with van der Waals surface area (Å²) >= 11 is 0. The van der Waals surface area contributed by atoms with Gasteiger partial charge in [0.2, 0.25) is 11.8 Å². The molecule has 1 unspecified atom stereocenters. The summed E-state index contributed by atoms with van der Waals surface area (Å²) in [6.45, 7) is 1.17. The number of benzene rings is 1. The third-order valence-corrected chi connectivity index (χ3v) is 3.28. The van der Waals surface area contributed by atoms with Gasteiger partial charge in [0.1, 0.15) is 0 Å². The monoisotopic (exact) mass is 246 g/mol. The summed E-state index contributed by atoms with van der Waals surface area (Å²) in [7, 11) is 1.80. The average Bonchev–Trinajstić information content (AvgIpc) is 2.83. The molecule has 1 saturated heterocycles. The zero-order chi connectivity index (χ0) is 13.0. The van der Waals surface area contributed by atoms with Gasteiger partial charge in [-0.15, -0.1) is 0 Å². The van der Waals surface area contributed by atoms with Crippen LogP contribution in [0.2, 0.25) is 0 Å². The van der Waals surface area contributed by atoms with E-state index in [2.05, 4.69) is 17.4 Å². The Morgan fingerprint density at radius 1 is 1.39 bits per heavy atom. The number of nitrogens with zero attached hydrogens (tertiary/aromatic N) is 1. The molecule has 96 valence electrons. The fourth-order valence-electron chi connectivity index (χ4n) is 2.14. The van der Waals surface area contributed by atoms with Gasteiger partial charge in [0.05, 0.1) is 5.92 Å². The standard InChI is InChI=1S/C14H18N2O2/c1-16(8-7-11-5-3-2-4-6-11)14(18)12-9-13(17)15-10-12/h2-6,12H,7-10H2,1H3,(H,15,17). The van der Waals surface area contributed by atoms with Crippen LogP contribution in [-0.2, 0) is 16.0 Å². The summed E-state index contributed by atoms with van der Waals surface area (Å²) in [5.74, 6) is -0.146. The minimum atomic E-state index is -0.182. The van der Waals surface area contributed by atoms with E-state index < -0.39 is 0 Å². The summed E-state index contributed by atoms with van der Waals surface area (Å²) < 4.78 is 0. The van der Waals surface area contributed by atoms with Crippen LogP contribution in [0.5, 0.6) is 0 Å². The van der Waals surface area contributed by atoms with Crippen molar-refractivity contribution in [2.24, 2.45) is 5.92 Å². The van der Waals surface area contributed by atoms with E-state index in [0.29, 0.717) is 19.5 Å². The van der Waals surface area contributed by atoms with Crippen molar-refractivity contribution in [1.82, 2.24) is 10.2 Å². The Bertz CT molecular complexity index is 431. The first-order chi connectivity index (χ1) is 8.66. The Hall–Kier alpha value is -1.84. The second-order valence-electron chi connectivity index (χ2n) is 4.70. The van der Waals surface area contributed by atoms with Crippen molar-refractivity contribution in [3.8, 4) is 0 Å². The Morgan fingerprint density at radius 2 is 2.11 bits per heavy atom. The molecular formula is C14H18N2O2. The molecule has 4 heteroatoms. The van der Waals surface area contributed by atoms with Crippen molar-refractivity contribution in [2.45, 2.75) is 12.8 Å². The Kier molecular flexibility index (Phi) is 3.97. The summed E-state index contributed by atoms with van der Waals surface area (Å²) in [4.78, 5) is 24.8. The molecule has 4 nitrogen and oxygen atoms in total. The molecule has 1 N–H and O–H groups in total. The number of rotatable bonds is 4. The molecule has 18 heavy (non-hydrogen) atoms. The lowest BCUT2D eigenvalue weighted by Crippen LogP contribution is -2.35. The van der Waals surface area contributed by atoms with Crippen LogP contribution in [0.1, 0.15) is 12.0 Å². The van der Waals surface area contributed by atoms with Gasteiger partial charge >= 0.3 is 0 Å². The van der Waals surface area contributed by atoms with E-state index in [-0.39, 0.29) is 17.7 Å². The molecule has 0 radical (unpaired) electrons. The van der Waals surface area contributed by atoms with Crippen LogP contribution in [-0.4, -0.2) is 36.9 Å². The Labute approximate surface area is 107 Å². The predicted octanol–water partition coefficient (Wildman–Crippen LogP) is 0.824. The molecule has 0 saturated carbocycles. The zero-order valence-electron chi connectivity index (χ0n) is 10.6. The van der Waals surface area contributed by atoms with E-state index in [1.807, 2.05) is 18.2 Å². The van der Waals surface area contributed by atoms with Gasteiger partial charge in [-0.3, -0.25) is 9.59 Å². The van der Waals surface area contributed by atoms with Gasteiger partial charge in [-0.2, -0.15) is 0 Å². The normalized spacial score (nSPS) is 18.5. The quantitative estimate of drug-likeness (QED) is 0.855. The van der Waals surface area contributed by atoms with E-state index in [0.717, 1.165) is 6.42 Å². The van der Waals surface area contributed by atoms with Gasteiger partial charge in [0.15, 0.2) is 0 Å². The molecule has 1 aliphatic heterocycles. The molecule has 1 heterocycles. The number of hydrogen-bond acceptors (Lipinski definition) is 2. The highest BCUT2D eigenvalue weighted by molar-refractivity contribution is 5.89. The van der Waals surface area contributed by atoms with Gasteiger partial charge in [0.25, 0.3) is 0 Å². The number of nitrogens with one attached hydrogen (secondary N) is 1. The summed E-state index contributed by atoms with van der Waals surface area (Å²) in [5.41, 5.74) is 1.22. The van der Waals surface area contributed by atoms with Crippen molar-refractivity contribution in [1.29, 1.82) is 0 Å². The number of carbonyl (C=O) groups excluding carboxylic acids is 2. The van der Waals surface area contributed by atoms with E-state index >= 15 is 0 Å². The summed E-state index contributed by atoms with van der Waals surface area (Å²) in [5, 5.41) is 2.69. The first-order valence-electron chi connectivity index (χ1n) is 6.22. The minimum absolute atomic E-state index is 0.0233. The van der Waals surface area contributed by atoms with Gasteiger partial charge in [0, 0.05) is 26.6 Å². The number of hydrogen-bond donors (Lipinski definition) is 1. The first kappa shape index (κ1) is 12.6. The van der Waals surface area contributed by atoms with Crippen molar-refractivity contribution in [3.05, 3.63) is 35.9 Å². The topological polar surface area (TPSA) is 49.4 Å². The van der Waals surface area contributed by atoms with Gasteiger partial charge in [-0.05, 0) is 12.0 Å². The van der Waals surface area contributed by atoms with Crippen molar-refractivity contribution in [3.63, 3.8) is 0 Å². The highest BCUT2D eigenvalue weighted by Crippen LogP contribution is 2.12. The number of likely N-dealkylation sites (N-methyl/N-ethyl adjacent to an activating group) is 1. The SMILES string of the molecule is CN(CCc1ccccc1)C(=O)C1CNC(=O)C1. The maximum absolute atomic E-state index is 12.0. The molecule has 1 aromatic carbocycles. The Morgan fingerprint density at radius 3 is 2.72 bits per heavy atom. The fraction of sp³-hybridized carbons (Fsp3) is 0.429. The van der Waals surface area contributed by atoms with E-state index in [4.69, 9.17) is 0 Å². The molecule has 1 atom stereocenters. The van der Waals surface area contributed by atoms with E-state index in [1.165, 1.54) is 5.56 Å². The lowest BCUT2D eigenvalue weighted by Gasteiger charge is -2.20. The zero-order valence-corrected chi connectivity index (χ0v) is 10.6. The third kappa shape index (κ3) is 3.09. The van der Waals surface area contributed by atoms with Crippen molar-refractivity contribution in [2.75, 3.05) is 20.1 Å². The number of carbonyl (C=O) groups is 2. The fourth-order valence-corrected chi connectivity index (χ4v) is 2.14. The molecule has 0 aromatic heterocycles. The lowest BCUT2D eigenvalue weighted by molar-refractivity contribution is -0.134. The van der Waals surface area contributed by atoms with Crippen LogP contribution in [0.25, 0.3) is 0 Å². The highest BCUT2D eigenvalue weighted by Gasteiger charge is 2.29. The van der Waals surface area contributed by atoms with Gasteiger partial charge in [-0.25, -0.2) is 0 Å². The van der Waals surface area contributed by atoms with Crippen LogP contribution < -0.4 is 5.32 Å². The lowest BCUT2D eigenvalue weighted by atomic mass is 10.1. The van der Waals surface area contributed by atoms with Crippen LogP contribution in [0.4, 0.5) is 0 Å². The molecule has 0 aliphatic carbocycles. The third-order valence-electron chi connectivity index (χ3n) is 3.28. The summed E-state index contributed by atoms with van der Waals surface area (Å²) in [6.07, 6.45) is 1.17. The first-order valence-corrected chi connectivity index (χ1v) is 6.22. The maximum atomic E-state index is 12.0. The predicted molar refractivity (Wildman–Crippen MR) is 68.9 cm³/mol. The van der Waals surface area contributed by atoms with Gasteiger partial charge in [-0.1, -0.05) is 30.3 Å². The van der Waals surface area contributed by atoms with Crippen LogP contribution in [0, 0.1) is 5.92 Å². The largest absolute Gasteiger partial charge is 0.355 e. The van der Waals surface area contributed by atoms with Crippen molar-refractivity contribution >= 4 is 11.8 Å². The highest BCUT2D eigenvalue weighted by atomic mass is 16.2. The van der Waals surface area contributed by atoms with Crippen molar-refractivity contribution < 1.29 is 9.59 Å². The summed E-state index contributed by atoms with van der Waals surface area (Å²) in [6, 6.07) is 10.1. The van der Waals surface area contributed by atoms with E-state index in [9.17, 15) is 9.59 Å². The smallest absolute Gasteiger partial charge is 0.227 e. The number of amides is 2. The Balaban J connectivity index is 1.82. The molecule has 0 spiro atoms. The second-order valence-corrected chi connectivity index (χ2v) is 4.70. The minimum Gasteiger partial charge on any atom is -0.355 e. The molecule has 1 aliphatic rings. The molecular weight excluding hydrogens is 228 g/mol.